The Morgan fingerprint density at radius 3 is 2.56 bits per heavy atom. The number of nitrogens with one attached hydrogen (secondary N) is 1. The number of hydrogen-bond acceptors (Lipinski definition) is 3. The van der Waals surface area contributed by atoms with Crippen LogP contribution in [0.25, 0.3) is 0 Å². The lowest BCUT2D eigenvalue weighted by Crippen LogP contribution is -2.28. The summed E-state index contributed by atoms with van der Waals surface area (Å²) in [6, 6.07) is 6.84. The zero-order valence-electron chi connectivity index (χ0n) is 9.51. The fourth-order valence-corrected chi connectivity index (χ4v) is 4.66. The van der Waals surface area contributed by atoms with Crippen molar-refractivity contribution in [2.24, 2.45) is 5.84 Å². The predicted octanol–water partition coefficient (Wildman–Crippen LogP) is 4.27. The highest BCUT2D eigenvalue weighted by Gasteiger charge is 2.18. The van der Waals surface area contributed by atoms with Crippen molar-refractivity contribution >= 4 is 43.2 Å². The van der Waals surface area contributed by atoms with Crippen LogP contribution in [0.1, 0.15) is 22.7 Å². The van der Waals surface area contributed by atoms with Gasteiger partial charge >= 0.3 is 0 Å². The molecule has 3 N–H and O–H groups in total. The van der Waals surface area contributed by atoms with Crippen molar-refractivity contribution in [2.75, 3.05) is 0 Å². The second kappa shape index (κ2) is 5.79. The second-order valence-electron chi connectivity index (χ2n) is 3.89. The molecule has 96 valence electrons. The predicted molar refractivity (Wildman–Crippen MR) is 80.0 cm³/mol. The zero-order valence-corrected chi connectivity index (χ0v) is 13.5. The molecule has 0 aliphatic carbocycles. The van der Waals surface area contributed by atoms with Crippen molar-refractivity contribution < 1.29 is 4.39 Å². The van der Waals surface area contributed by atoms with E-state index in [1.807, 2.05) is 6.07 Å². The molecule has 18 heavy (non-hydrogen) atoms. The van der Waals surface area contributed by atoms with E-state index in [-0.39, 0.29) is 11.9 Å². The molecular formula is C12H11Br2FN2S. The quantitative estimate of drug-likeness (QED) is 0.603. The Labute approximate surface area is 126 Å². The monoisotopic (exact) mass is 392 g/mol. The van der Waals surface area contributed by atoms with Gasteiger partial charge in [-0.05, 0) is 62.0 Å². The number of nitrogens with two attached hydrogens (primary N) is 1. The van der Waals surface area contributed by atoms with Gasteiger partial charge in [0.2, 0.25) is 0 Å². The highest BCUT2D eigenvalue weighted by atomic mass is 79.9. The topological polar surface area (TPSA) is 38.0 Å². The first kappa shape index (κ1) is 14.1. The Balaban J connectivity index is 2.45. The molecule has 2 aromatic rings. The van der Waals surface area contributed by atoms with Crippen LogP contribution >= 0.6 is 43.2 Å². The number of thiophene rings is 1. The van der Waals surface area contributed by atoms with E-state index >= 15 is 0 Å². The summed E-state index contributed by atoms with van der Waals surface area (Å²) in [4.78, 5) is 0. The molecule has 2 rings (SSSR count). The molecule has 0 saturated heterocycles. The number of benzene rings is 1. The molecule has 1 aromatic carbocycles. The minimum Gasteiger partial charge on any atom is -0.271 e. The molecule has 2 nitrogen and oxygen atoms in total. The maximum absolute atomic E-state index is 13.3. The maximum Gasteiger partial charge on any atom is 0.126 e. The van der Waals surface area contributed by atoms with Crippen LogP contribution in [0, 0.1) is 12.7 Å². The van der Waals surface area contributed by atoms with Crippen LogP contribution in [-0.4, -0.2) is 0 Å². The second-order valence-corrected chi connectivity index (χ2v) is 7.64. The molecule has 1 aromatic heterocycles. The fraction of sp³-hybridized carbons (Fsp3) is 0.167. The van der Waals surface area contributed by atoms with E-state index in [1.165, 1.54) is 6.07 Å². The SMILES string of the molecule is Cc1cc(C(NN)c2cc(Br)sc2Br)ccc1F. The summed E-state index contributed by atoms with van der Waals surface area (Å²) in [7, 11) is 0. The van der Waals surface area contributed by atoms with Crippen LogP contribution in [0.3, 0.4) is 0 Å². The average molecular weight is 394 g/mol. The van der Waals surface area contributed by atoms with E-state index in [0.29, 0.717) is 5.56 Å². The minimum absolute atomic E-state index is 0.166. The Hall–Kier alpha value is -0.270. The van der Waals surface area contributed by atoms with Crippen molar-refractivity contribution in [3.63, 3.8) is 0 Å². The Bertz CT molecular complexity index is 571. The number of hydrazine groups is 1. The van der Waals surface area contributed by atoms with Gasteiger partial charge in [0.25, 0.3) is 0 Å². The van der Waals surface area contributed by atoms with Gasteiger partial charge in [0.05, 0.1) is 13.6 Å². The molecule has 1 heterocycles. The summed E-state index contributed by atoms with van der Waals surface area (Å²) in [5.74, 6) is 5.42. The first-order valence-electron chi connectivity index (χ1n) is 5.20. The standard InChI is InChI=1S/C12H11Br2FN2S/c1-6-4-7(2-3-9(6)15)11(17-16)8-5-10(13)18-12(8)14/h2-5,11,17H,16H2,1H3. The van der Waals surface area contributed by atoms with E-state index in [0.717, 1.165) is 18.7 Å². The van der Waals surface area contributed by atoms with Crippen LogP contribution in [0.15, 0.2) is 31.8 Å². The largest absolute Gasteiger partial charge is 0.271 e. The lowest BCUT2D eigenvalue weighted by Gasteiger charge is -2.16. The molecule has 0 aliphatic rings. The van der Waals surface area contributed by atoms with Crippen LogP contribution in [0.4, 0.5) is 4.39 Å². The van der Waals surface area contributed by atoms with E-state index < -0.39 is 0 Å². The third kappa shape index (κ3) is 2.83. The van der Waals surface area contributed by atoms with Crippen LogP contribution in [0.5, 0.6) is 0 Å². The summed E-state index contributed by atoms with van der Waals surface area (Å²) in [5.41, 5.74) is 5.34. The molecule has 0 amide bonds. The summed E-state index contributed by atoms with van der Waals surface area (Å²) < 4.78 is 15.3. The van der Waals surface area contributed by atoms with Gasteiger partial charge in [-0.3, -0.25) is 5.84 Å². The van der Waals surface area contributed by atoms with Gasteiger partial charge in [-0.2, -0.15) is 0 Å². The molecule has 0 fully saturated rings. The summed E-state index contributed by atoms with van der Waals surface area (Å²) >= 11 is 8.53. The first-order valence-corrected chi connectivity index (χ1v) is 7.60. The minimum atomic E-state index is -0.208. The molecule has 1 atom stereocenters. The first-order chi connectivity index (χ1) is 8.52. The zero-order chi connectivity index (χ0) is 13.3. The lowest BCUT2D eigenvalue weighted by molar-refractivity contribution is 0.607. The highest BCUT2D eigenvalue weighted by molar-refractivity contribution is 9.12. The van der Waals surface area contributed by atoms with Crippen molar-refractivity contribution in [1.29, 1.82) is 0 Å². The van der Waals surface area contributed by atoms with E-state index in [4.69, 9.17) is 5.84 Å². The average Bonchev–Trinajstić information content (AvgIpc) is 2.64. The molecule has 0 saturated carbocycles. The Kier molecular flexibility index (Phi) is 4.55. The normalized spacial score (nSPS) is 12.7. The third-order valence-electron chi connectivity index (χ3n) is 2.68. The van der Waals surface area contributed by atoms with Gasteiger partial charge in [0, 0.05) is 5.56 Å². The van der Waals surface area contributed by atoms with Crippen LogP contribution in [-0.2, 0) is 0 Å². The molecule has 6 heteroatoms. The van der Waals surface area contributed by atoms with Crippen molar-refractivity contribution in [3.8, 4) is 0 Å². The lowest BCUT2D eigenvalue weighted by atomic mass is 10.00. The van der Waals surface area contributed by atoms with E-state index in [2.05, 4.69) is 37.3 Å². The van der Waals surface area contributed by atoms with Gasteiger partial charge in [-0.1, -0.05) is 12.1 Å². The Morgan fingerprint density at radius 1 is 1.33 bits per heavy atom. The van der Waals surface area contributed by atoms with Crippen LogP contribution in [0.2, 0.25) is 0 Å². The molecular weight excluding hydrogens is 383 g/mol. The van der Waals surface area contributed by atoms with Gasteiger partial charge in [-0.25, -0.2) is 9.82 Å². The van der Waals surface area contributed by atoms with E-state index in [1.54, 1.807) is 30.4 Å². The summed E-state index contributed by atoms with van der Waals surface area (Å²) in [5, 5.41) is 0. The van der Waals surface area contributed by atoms with E-state index in [9.17, 15) is 4.39 Å². The molecule has 0 radical (unpaired) electrons. The third-order valence-corrected chi connectivity index (χ3v) is 5.06. The smallest absolute Gasteiger partial charge is 0.126 e. The van der Waals surface area contributed by atoms with Gasteiger partial charge in [0.1, 0.15) is 5.82 Å². The molecule has 1 unspecified atom stereocenters. The number of halogens is 3. The number of rotatable bonds is 3. The van der Waals surface area contributed by atoms with Crippen LogP contribution < -0.4 is 11.3 Å². The van der Waals surface area contributed by atoms with Gasteiger partial charge in [-0.15, -0.1) is 11.3 Å². The number of aryl methyl sites for hydroxylation is 1. The summed E-state index contributed by atoms with van der Waals surface area (Å²) in [6.45, 7) is 1.74. The van der Waals surface area contributed by atoms with Gasteiger partial charge in [0.15, 0.2) is 0 Å². The maximum atomic E-state index is 13.3. The van der Waals surface area contributed by atoms with Crippen molar-refractivity contribution in [3.05, 3.63) is 54.3 Å². The van der Waals surface area contributed by atoms with Crippen molar-refractivity contribution in [2.45, 2.75) is 13.0 Å². The fourth-order valence-electron chi connectivity index (χ4n) is 1.76. The molecule has 0 aliphatic heterocycles. The van der Waals surface area contributed by atoms with Gasteiger partial charge < -0.3 is 0 Å². The molecule has 0 spiro atoms. The molecule has 0 bridgehead atoms. The van der Waals surface area contributed by atoms with Crippen molar-refractivity contribution in [1.82, 2.24) is 5.43 Å². The number of hydrogen-bond donors (Lipinski definition) is 2. The summed E-state index contributed by atoms with van der Waals surface area (Å²) in [6.07, 6.45) is 0. The Morgan fingerprint density at radius 2 is 2.06 bits per heavy atom. The highest BCUT2D eigenvalue weighted by Crippen LogP contribution is 2.37.